The molecule has 0 radical (unpaired) electrons. The summed E-state index contributed by atoms with van der Waals surface area (Å²) in [5.74, 6) is -0.498. The number of anilines is 1. The Morgan fingerprint density at radius 1 is 1.13 bits per heavy atom. The minimum Gasteiger partial charge on any atom is -0.462 e. The molecule has 0 amide bonds. The Morgan fingerprint density at radius 3 is 2.65 bits per heavy atom. The molecule has 0 aliphatic rings. The number of carbonyl (C=O) groups excluding carboxylic acids is 1. The largest absolute Gasteiger partial charge is 0.462 e. The molecule has 31 heavy (non-hydrogen) atoms. The van der Waals surface area contributed by atoms with E-state index in [-0.39, 0.29) is 17.1 Å². The Kier molecular flexibility index (Phi) is 5.43. The third kappa shape index (κ3) is 4.13. The highest BCUT2D eigenvalue weighted by Crippen LogP contribution is 2.25. The number of benzene rings is 2. The van der Waals surface area contributed by atoms with Crippen molar-refractivity contribution in [1.29, 1.82) is 0 Å². The van der Waals surface area contributed by atoms with Gasteiger partial charge in [-0.1, -0.05) is 29.8 Å². The molecular weight excluding hydrogens is 416 g/mol. The molecule has 0 saturated heterocycles. The van der Waals surface area contributed by atoms with Crippen molar-refractivity contribution in [2.45, 2.75) is 18.7 Å². The Morgan fingerprint density at radius 2 is 1.90 bits per heavy atom. The fraction of sp³-hybridized carbons (Fsp3) is 0.136. The number of sulfonamides is 1. The van der Waals surface area contributed by atoms with Gasteiger partial charge in [0, 0.05) is 17.4 Å². The van der Waals surface area contributed by atoms with E-state index in [4.69, 9.17) is 4.74 Å². The van der Waals surface area contributed by atoms with Crippen LogP contribution >= 0.6 is 0 Å². The molecule has 0 saturated carbocycles. The molecule has 0 fully saturated rings. The predicted octanol–water partition coefficient (Wildman–Crippen LogP) is 3.68. The fourth-order valence-electron chi connectivity index (χ4n) is 3.14. The van der Waals surface area contributed by atoms with Crippen LogP contribution in [-0.4, -0.2) is 35.6 Å². The lowest BCUT2D eigenvalue weighted by Crippen LogP contribution is -2.13. The number of aromatic nitrogens is 3. The first kappa shape index (κ1) is 20.5. The molecule has 4 rings (SSSR count). The van der Waals surface area contributed by atoms with E-state index in [9.17, 15) is 13.2 Å². The van der Waals surface area contributed by atoms with Crippen molar-refractivity contribution in [3.05, 3.63) is 78.1 Å². The van der Waals surface area contributed by atoms with Gasteiger partial charge in [0.1, 0.15) is 5.56 Å². The van der Waals surface area contributed by atoms with Crippen LogP contribution in [0.25, 0.3) is 16.9 Å². The van der Waals surface area contributed by atoms with Crippen molar-refractivity contribution in [1.82, 2.24) is 14.6 Å². The molecule has 0 aliphatic heterocycles. The number of rotatable bonds is 6. The fourth-order valence-corrected chi connectivity index (χ4v) is 4.19. The average molecular weight is 436 g/mol. The van der Waals surface area contributed by atoms with Gasteiger partial charge in [-0.15, -0.1) is 0 Å². The Labute approximate surface area is 179 Å². The molecule has 0 unspecified atom stereocenters. The van der Waals surface area contributed by atoms with Crippen molar-refractivity contribution in [3.63, 3.8) is 0 Å². The third-order valence-electron chi connectivity index (χ3n) is 4.64. The molecular formula is C22H20N4O4S. The summed E-state index contributed by atoms with van der Waals surface area (Å²) < 4.78 is 34.6. The summed E-state index contributed by atoms with van der Waals surface area (Å²) in [5, 5.41) is 4.27. The topological polar surface area (TPSA) is 103 Å². The van der Waals surface area contributed by atoms with Crippen molar-refractivity contribution in [2.75, 3.05) is 11.3 Å². The summed E-state index contributed by atoms with van der Waals surface area (Å²) >= 11 is 0. The van der Waals surface area contributed by atoms with E-state index in [0.29, 0.717) is 22.6 Å². The molecule has 158 valence electrons. The van der Waals surface area contributed by atoms with Gasteiger partial charge in [-0.2, -0.15) is 5.10 Å². The standard InChI is InChI=1S/C22H20N4O4S/c1-3-30-22(27)19-14-24-26-20(11-12-23-21(19)26)16-5-4-6-17(13-16)25-31(28,29)18-9-7-15(2)8-10-18/h4-14,25H,3H2,1-2H3. The van der Waals surface area contributed by atoms with Crippen molar-refractivity contribution in [3.8, 4) is 11.3 Å². The molecule has 0 bridgehead atoms. The molecule has 1 N–H and O–H groups in total. The van der Waals surface area contributed by atoms with E-state index in [2.05, 4.69) is 14.8 Å². The number of nitrogens with zero attached hydrogens (tertiary/aromatic N) is 3. The van der Waals surface area contributed by atoms with Crippen LogP contribution in [0.4, 0.5) is 5.69 Å². The highest BCUT2D eigenvalue weighted by atomic mass is 32.2. The molecule has 9 heteroatoms. The lowest BCUT2D eigenvalue weighted by Gasteiger charge is -2.11. The molecule has 2 heterocycles. The summed E-state index contributed by atoms with van der Waals surface area (Å²) in [6.45, 7) is 3.87. The molecule has 4 aromatic rings. The Balaban J connectivity index is 1.70. The van der Waals surface area contributed by atoms with Crippen molar-refractivity contribution in [2.24, 2.45) is 0 Å². The van der Waals surface area contributed by atoms with Gasteiger partial charge < -0.3 is 4.74 Å². The van der Waals surface area contributed by atoms with E-state index in [1.54, 1.807) is 61.7 Å². The van der Waals surface area contributed by atoms with Crippen LogP contribution in [0, 0.1) is 6.92 Å². The first-order chi connectivity index (χ1) is 14.9. The quantitative estimate of drug-likeness (QED) is 0.463. The number of aryl methyl sites for hydroxylation is 1. The number of esters is 1. The van der Waals surface area contributed by atoms with Gasteiger partial charge in [0.2, 0.25) is 0 Å². The van der Waals surface area contributed by atoms with Crippen LogP contribution in [0.5, 0.6) is 0 Å². The highest BCUT2D eigenvalue weighted by molar-refractivity contribution is 7.92. The summed E-state index contributed by atoms with van der Waals surface area (Å²) in [7, 11) is -3.73. The van der Waals surface area contributed by atoms with Crippen LogP contribution in [0.3, 0.4) is 0 Å². The second-order valence-electron chi connectivity index (χ2n) is 6.84. The highest BCUT2D eigenvalue weighted by Gasteiger charge is 2.18. The van der Waals surface area contributed by atoms with E-state index in [1.165, 1.54) is 10.7 Å². The van der Waals surface area contributed by atoms with Gasteiger partial charge in [0.25, 0.3) is 10.0 Å². The van der Waals surface area contributed by atoms with Gasteiger partial charge in [-0.3, -0.25) is 4.72 Å². The second kappa shape index (κ2) is 8.19. The Hall–Kier alpha value is -3.72. The molecule has 0 aliphatic carbocycles. The second-order valence-corrected chi connectivity index (χ2v) is 8.53. The van der Waals surface area contributed by atoms with Crippen LogP contribution < -0.4 is 4.72 Å². The Bertz CT molecular complexity index is 1360. The first-order valence-electron chi connectivity index (χ1n) is 9.59. The maximum absolute atomic E-state index is 12.7. The number of ether oxygens (including phenoxy) is 1. The number of carbonyl (C=O) groups is 1. The smallest absolute Gasteiger partial charge is 0.343 e. The van der Waals surface area contributed by atoms with Crippen LogP contribution in [0.2, 0.25) is 0 Å². The van der Waals surface area contributed by atoms with Gasteiger partial charge in [-0.25, -0.2) is 22.7 Å². The van der Waals surface area contributed by atoms with E-state index in [0.717, 1.165) is 5.56 Å². The molecule has 2 aromatic carbocycles. The summed E-state index contributed by atoms with van der Waals surface area (Å²) in [4.78, 5) is 16.6. The zero-order valence-electron chi connectivity index (χ0n) is 16.9. The molecule has 0 spiro atoms. The maximum atomic E-state index is 12.7. The van der Waals surface area contributed by atoms with Gasteiger partial charge in [-0.05, 0) is 44.2 Å². The van der Waals surface area contributed by atoms with Crippen molar-refractivity contribution >= 4 is 27.3 Å². The van der Waals surface area contributed by atoms with Crippen LogP contribution in [0.15, 0.2) is 71.9 Å². The van der Waals surface area contributed by atoms with Gasteiger partial charge >= 0.3 is 5.97 Å². The summed E-state index contributed by atoms with van der Waals surface area (Å²) in [6.07, 6.45) is 2.98. The minimum absolute atomic E-state index is 0.181. The maximum Gasteiger partial charge on any atom is 0.343 e. The monoisotopic (exact) mass is 436 g/mol. The molecule has 2 aromatic heterocycles. The van der Waals surface area contributed by atoms with E-state index >= 15 is 0 Å². The lowest BCUT2D eigenvalue weighted by atomic mass is 10.1. The number of hydrogen-bond acceptors (Lipinski definition) is 6. The molecule has 0 atom stereocenters. The zero-order valence-corrected chi connectivity index (χ0v) is 17.8. The normalized spacial score (nSPS) is 11.4. The summed E-state index contributed by atoms with van der Waals surface area (Å²) in [5.41, 5.74) is 3.36. The average Bonchev–Trinajstić information content (AvgIpc) is 3.18. The number of nitrogens with one attached hydrogen (secondary N) is 1. The molecule has 8 nitrogen and oxygen atoms in total. The number of fused-ring (bicyclic) bond motifs is 1. The minimum atomic E-state index is -3.73. The number of hydrogen-bond donors (Lipinski definition) is 1. The summed E-state index contributed by atoms with van der Waals surface area (Å²) in [6, 6.07) is 15.3. The van der Waals surface area contributed by atoms with Crippen molar-refractivity contribution < 1.29 is 17.9 Å². The lowest BCUT2D eigenvalue weighted by molar-refractivity contribution is 0.0528. The first-order valence-corrected chi connectivity index (χ1v) is 11.1. The van der Waals surface area contributed by atoms with E-state index < -0.39 is 16.0 Å². The van der Waals surface area contributed by atoms with Gasteiger partial charge in [0.15, 0.2) is 5.65 Å². The predicted molar refractivity (Wildman–Crippen MR) is 116 cm³/mol. The zero-order chi connectivity index (χ0) is 22.0. The van der Waals surface area contributed by atoms with Gasteiger partial charge in [0.05, 0.1) is 23.4 Å². The third-order valence-corrected chi connectivity index (χ3v) is 6.04. The van der Waals surface area contributed by atoms with Crippen LogP contribution in [0.1, 0.15) is 22.8 Å². The van der Waals surface area contributed by atoms with E-state index in [1.807, 2.05) is 13.0 Å². The van der Waals surface area contributed by atoms with Crippen LogP contribution in [-0.2, 0) is 14.8 Å². The SMILES string of the molecule is CCOC(=O)c1cnn2c(-c3cccc(NS(=O)(=O)c4ccc(C)cc4)c3)ccnc12.